The van der Waals surface area contributed by atoms with Crippen LogP contribution in [0.2, 0.25) is 0 Å². The molecule has 1 aromatic rings. The minimum atomic E-state index is -0.725. The third-order valence-corrected chi connectivity index (χ3v) is 4.13. The number of nitrogens with one attached hydrogen (secondary N) is 1. The van der Waals surface area contributed by atoms with Gasteiger partial charge in [-0.3, -0.25) is 9.69 Å². The van der Waals surface area contributed by atoms with E-state index in [1.807, 2.05) is 50.1 Å². The zero-order valence-electron chi connectivity index (χ0n) is 14.1. The maximum atomic E-state index is 12.2. The lowest BCUT2D eigenvalue weighted by atomic mass is 9.98. The van der Waals surface area contributed by atoms with Crippen LogP contribution in [-0.2, 0) is 11.3 Å². The van der Waals surface area contributed by atoms with Crippen LogP contribution in [0.5, 0.6) is 5.75 Å². The Labute approximate surface area is 138 Å². The maximum absolute atomic E-state index is 12.2. The molecule has 0 spiro atoms. The number of nitriles is 1. The SMILES string of the molecule is CCOc1ccc(CN(C)CC(=O)N[C@@](C)(C#N)C2CC2)cc1. The minimum absolute atomic E-state index is 0.102. The first-order valence-electron chi connectivity index (χ1n) is 8.09. The fourth-order valence-corrected chi connectivity index (χ4v) is 2.68. The van der Waals surface area contributed by atoms with Gasteiger partial charge in [-0.2, -0.15) is 5.26 Å². The van der Waals surface area contributed by atoms with E-state index in [-0.39, 0.29) is 12.5 Å². The number of hydrogen-bond donors (Lipinski definition) is 1. The lowest BCUT2D eigenvalue weighted by Crippen LogP contribution is -2.49. The summed E-state index contributed by atoms with van der Waals surface area (Å²) in [5.41, 5.74) is 0.394. The van der Waals surface area contributed by atoms with Gasteiger partial charge in [-0.1, -0.05) is 12.1 Å². The summed E-state index contributed by atoms with van der Waals surface area (Å²) < 4.78 is 5.42. The van der Waals surface area contributed by atoms with Crippen molar-refractivity contribution in [1.82, 2.24) is 10.2 Å². The largest absolute Gasteiger partial charge is 0.494 e. The molecule has 1 N–H and O–H groups in total. The van der Waals surface area contributed by atoms with Crippen LogP contribution in [0.25, 0.3) is 0 Å². The highest BCUT2D eigenvalue weighted by Crippen LogP contribution is 2.39. The number of likely N-dealkylation sites (N-methyl/N-ethyl adjacent to an activating group) is 1. The number of hydrogen-bond acceptors (Lipinski definition) is 4. The molecule has 1 saturated carbocycles. The summed E-state index contributed by atoms with van der Waals surface area (Å²) >= 11 is 0. The molecule has 0 radical (unpaired) electrons. The first-order valence-corrected chi connectivity index (χ1v) is 8.09. The van der Waals surface area contributed by atoms with Crippen molar-refractivity contribution in [2.45, 2.75) is 38.8 Å². The molecule has 2 rings (SSSR count). The molecule has 0 heterocycles. The third-order valence-electron chi connectivity index (χ3n) is 4.13. The second-order valence-electron chi connectivity index (χ2n) is 6.39. The molecule has 0 aromatic heterocycles. The highest BCUT2D eigenvalue weighted by Gasteiger charge is 2.42. The van der Waals surface area contributed by atoms with Gasteiger partial charge in [0.2, 0.25) is 5.91 Å². The van der Waals surface area contributed by atoms with Crippen LogP contribution in [0, 0.1) is 17.2 Å². The summed E-state index contributed by atoms with van der Waals surface area (Å²) in [6.45, 7) is 5.37. The Morgan fingerprint density at radius 1 is 1.43 bits per heavy atom. The number of nitrogens with zero attached hydrogens (tertiary/aromatic N) is 2. The zero-order chi connectivity index (χ0) is 16.9. The molecule has 124 valence electrons. The first kappa shape index (κ1) is 17.3. The number of carbonyl (C=O) groups excluding carboxylic acids is 1. The molecule has 0 bridgehead atoms. The Morgan fingerprint density at radius 3 is 2.61 bits per heavy atom. The smallest absolute Gasteiger partial charge is 0.235 e. The molecule has 5 nitrogen and oxygen atoms in total. The van der Waals surface area contributed by atoms with Gasteiger partial charge in [0.05, 0.1) is 19.2 Å². The summed E-state index contributed by atoms with van der Waals surface area (Å²) in [6.07, 6.45) is 2.04. The minimum Gasteiger partial charge on any atom is -0.494 e. The van der Waals surface area contributed by atoms with E-state index >= 15 is 0 Å². The van der Waals surface area contributed by atoms with E-state index in [1.54, 1.807) is 0 Å². The van der Waals surface area contributed by atoms with E-state index in [4.69, 9.17) is 4.74 Å². The van der Waals surface area contributed by atoms with Gasteiger partial charge in [0.25, 0.3) is 0 Å². The van der Waals surface area contributed by atoms with Crippen molar-refractivity contribution in [3.05, 3.63) is 29.8 Å². The molecule has 23 heavy (non-hydrogen) atoms. The molecule has 1 fully saturated rings. The summed E-state index contributed by atoms with van der Waals surface area (Å²) in [7, 11) is 1.90. The summed E-state index contributed by atoms with van der Waals surface area (Å²) in [5.74, 6) is 1.05. The predicted molar refractivity (Wildman–Crippen MR) is 88.8 cm³/mol. The van der Waals surface area contributed by atoms with Crippen molar-refractivity contribution < 1.29 is 9.53 Å². The highest BCUT2D eigenvalue weighted by molar-refractivity contribution is 5.79. The average molecular weight is 315 g/mol. The van der Waals surface area contributed by atoms with E-state index in [2.05, 4.69) is 11.4 Å². The van der Waals surface area contributed by atoms with Crippen LogP contribution in [0.3, 0.4) is 0 Å². The van der Waals surface area contributed by atoms with E-state index in [1.165, 1.54) is 0 Å². The van der Waals surface area contributed by atoms with Gasteiger partial charge in [0.15, 0.2) is 0 Å². The summed E-state index contributed by atoms with van der Waals surface area (Å²) in [4.78, 5) is 14.1. The zero-order valence-corrected chi connectivity index (χ0v) is 14.1. The fourth-order valence-electron chi connectivity index (χ4n) is 2.68. The highest BCUT2D eigenvalue weighted by atomic mass is 16.5. The second kappa shape index (κ2) is 7.47. The topological polar surface area (TPSA) is 65.4 Å². The van der Waals surface area contributed by atoms with Crippen molar-refractivity contribution in [2.75, 3.05) is 20.2 Å². The van der Waals surface area contributed by atoms with Gasteiger partial charge in [-0.15, -0.1) is 0 Å². The normalized spacial score (nSPS) is 16.5. The monoisotopic (exact) mass is 315 g/mol. The Morgan fingerprint density at radius 2 is 2.09 bits per heavy atom. The van der Waals surface area contributed by atoms with E-state index < -0.39 is 5.54 Å². The van der Waals surface area contributed by atoms with Gasteiger partial charge in [0, 0.05) is 6.54 Å². The Hall–Kier alpha value is -2.06. The van der Waals surface area contributed by atoms with E-state index in [0.29, 0.717) is 19.1 Å². The lowest BCUT2D eigenvalue weighted by molar-refractivity contribution is -0.123. The molecule has 1 amide bonds. The van der Waals surface area contributed by atoms with Gasteiger partial charge in [-0.25, -0.2) is 0 Å². The molecule has 1 aliphatic rings. The van der Waals surface area contributed by atoms with Gasteiger partial charge in [-0.05, 0) is 57.4 Å². The molecular formula is C18H25N3O2. The summed E-state index contributed by atoms with van der Waals surface area (Å²) in [6, 6.07) is 10.1. The van der Waals surface area contributed by atoms with Gasteiger partial charge < -0.3 is 10.1 Å². The molecule has 5 heteroatoms. The van der Waals surface area contributed by atoms with E-state index in [9.17, 15) is 10.1 Å². The standard InChI is InChI=1S/C18H25N3O2/c1-4-23-16-9-5-14(6-10-16)11-21(3)12-17(22)20-18(2,13-19)15-7-8-15/h5-6,9-10,15H,4,7-8,11-12H2,1-3H3,(H,20,22)/t18-/m0/s1. The van der Waals surface area contributed by atoms with Crippen molar-refractivity contribution in [3.8, 4) is 11.8 Å². The van der Waals surface area contributed by atoms with Crippen LogP contribution in [-0.4, -0.2) is 36.5 Å². The van der Waals surface area contributed by atoms with Crippen molar-refractivity contribution in [2.24, 2.45) is 5.92 Å². The van der Waals surface area contributed by atoms with Gasteiger partial charge >= 0.3 is 0 Å². The second-order valence-corrected chi connectivity index (χ2v) is 6.39. The number of carbonyl (C=O) groups is 1. The molecule has 1 aliphatic carbocycles. The third kappa shape index (κ3) is 4.97. The number of ether oxygens (including phenoxy) is 1. The summed E-state index contributed by atoms with van der Waals surface area (Å²) in [5, 5.41) is 12.2. The Balaban J connectivity index is 1.82. The lowest BCUT2D eigenvalue weighted by Gasteiger charge is -2.25. The molecule has 0 unspecified atom stereocenters. The first-order chi connectivity index (χ1) is 11.0. The van der Waals surface area contributed by atoms with Crippen LogP contribution in [0.4, 0.5) is 0 Å². The molecular weight excluding hydrogens is 290 g/mol. The Bertz CT molecular complexity index is 575. The molecule has 0 saturated heterocycles. The Kier molecular flexibility index (Phi) is 5.62. The quantitative estimate of drug-likeness (QED) is 0.799. The fraction of sp³-hybridized carbons (Fsp3) is 0.556. The van der Waals surface area contributed by atoms with Crippen molar-refractivity contribution in [3.63, 3.8) is 0 Å². The maximum Gasteiger partial charge on any atom is 0.235 e. The molecule has 1 aromatic carbocycles. The number of amides is 1. The number of rotatable bonds is 8. The molecule has 0 aliphatic heterocycles. The van der Waals surface area contributed by atoms with Crippen LogP contribution in [0.1, 0.15) is 32.3 Å². The van der Waals surface area contributed by atoms with Crippen LogP contribution < -0.4 is 10.1 Å². The number of benzene rings is 1. The van der Waals surface area contributed by atoms with Crippen LogP contribution >= 0.6 is 0 Å². The van der Waals surface area contributed by atoms with Gasteiger partial charge in [0.1, 0.15) is 11.3 Å². The van der Waals surface area contributed by atoms with Crippen molar-refractivity contribution >= 4 is 5.91 Å². The van der Waals surface area contributed by atoms with Crippen molar-refractivity contribution in [1.29, 1.82) is 5.26 Å². The predicted octanol–water partition coefficient (Wildman–Crippen LogP) is 2.33. The van der Waals surface area contributed by atoms with Crippen LogP contribution in [0.15, 0.2) is 24.3 Å². The molecule has 1 atom stereocenters. The van der Waals surface area contributed by atoms with E-state index in [0.717, 1.165) is 24.2 Å². The average Bonchev–Trinajstić information content (AvgIpc) is 3.34.